The molecule has 0 atom stereocenters. The van der Waals surface area contributed by atoms with Crippen LogP contribution < -0.4 is 4.90 Å². The highest BCUT2D eigenvalue weighted by Gasteiger charge is 2.13. The second-order valence-electron chi connectivity index (χ2n) is 3.70. The predicted octanol–water partition coefficient (Wildman–Crippen LogP) is 1.94. The molecule has 0 aliphatic carbocycles. The Morgan fingerprint density at radius 1 is 1.65 bits per heavy atom. The Bertz CT molecular complexity index is 475. The van der Waals surface area contributed by atoms with E-state index >= 15 is 0 Å². The lowest BCUT2D eigenvalue weighted by Crippen LogP contribution is -2.30. The Morgan fingerprint density at radius 2 is 2.35 bits per heavy atom. The molecule has 1 rings (SSSR count). The fourth-order valence-electron chi connectivity index (χ4n) is 1.57. The molecule has 0 spiro atoms. The second-order valence-corrected chi connectivity index (χ2v) is 3.70. The van der Waals surface area contributed by atoms with Crippen LogP contribution in [0.25, 0.3) is 0 Å². The van der Waals surface area contributed by atoms with Gasteiger partial charge in [-0.15, -0.1) is 6.58 Å². The van der Waals surface area contributed by atoms with Crippen LogP contribution in [-0.4, -0.2) is 24.2 Å². The summed E-state index contributed by atoms with van der Waals surface area (Å²) in [6.45, 7) is 5.74. The number of hydrogen-bond acceptors (Lipinski definition) is 3. The van der Waals surface area contributed by atoms with Crippen molar-refractivity contribution in [3.63, 3.8) is 0 Å². The molecule has 17 heavy (non-hydrogen) atoms. The van der Waals surface area contributed by atoms with Crippen LogP contribution in [0.3, 0.4) is 0 Å². The summed E-state index contributed by atoms with van der Waals surface area (Å²) in [6, 6.07) is 7.40. The van der Waals surface area contributed by atoms with Crippen LogP contribution in [0.2, 0.25) is 0 Å². The van der Waals surface area contributed by atoms with E-state index < -0.39 is 5.97 Å². The molecule has 0 fully saturated rings. The number of nitriles is 1. The quantitative estimate of drug-likeness (QED) is 0.785. The summed E-state index contributed by atoms with van der Waals surface area (Å²) in [5.41, 5.74) is 2.09. The Hall–Kier alpha value is -2.28. The Balaban J connectivity index is 3.16. The van der Waals surface area contributed by atoms with Crippen molar-refractivity contribution in [2.45, 2.75) is 6.92 Å². The number of aliphatic carboxylic acids is 1. The number of aryl methyl sites for hydroxylation is 1. The van der Waals surface area contributed by atoms with Crippen molar-refractivity contribution in [2.24, 2.45) is 0 Å². The third-order valence-electron chi connectivity index (χ3n) is 2.29. The highest BCUT2D eigenvalue weighted by Crippen LogP contribution is 2.21. The topological polar surface area (TPSA) is 64.3 Å². The lowest BCUT2D eigenvalue weighted by molar-refractivity contribution is -0.135. The number of nitrogens with zero attached hydrogens (tertiary/aromatic N) is 2. The standard InChI is InChI=1S/C13H14N2O2/c1-3-6-15(9-13(16)17)12-7-10(2)4-5-11(12)8-14/h3-5,7H,1,6,9H2,2H3,(H,16,17). The first-order valence-electron chi connectivity index (χ1n) is 5.17. The number of rotatable bonds is 5. The van der Waals surface area contributed by atoms with E-state index in [4.69, 9.17) is 10.4 Å². The summed E-state index contributed by atoms with van der Waals surface area (Å²) in [5, 5.41) is 17.9. The molecule has 0 aromatic heterocycles. The average Bonchev–Trinajstić information content (AvgIpc) is 2.28. The smallest absolute Gasteiger partial charge is 0.323 e. The Labute approximate surface area is 100 Å². The Morgan fingerprint density at radius 3 is 2.88 bits per heavy atom. The maximum Gasteiger partial charge on any atom is 0.323 e. The summed E-state index contributed by atoms with van der Waals surface area (Å²) in [6.07, 6.45) is 1.62. The molecule has 0 amide bonds. The monoisotopic (exact) mass is 230 g/mol. The lowest BCUT2D eigenvalue weighted by atomic mass is 10.1. The zero-order valence-electron chi connectivity index (χ0n) is 9.68. The van der Waals surface area contributed by atoms with Crippen LogP contribution in [0.4, 0.5) is 5.69 Å². The van der Waals surface area contributed by atoms with Gasteiger partial charge in [-0.2, -0.15) is 5.26 Å². The van der Waals surface area contributed by atoms with E-state index in [-0.39, 0.29) is 6.54 Å². The molecule has 4 nitrogen and oxygen atoms in total. The molecule has 1 aromatic rings. The van der Waals surface area contributed by atoms with Crippen molar-refractivity contribution in [3.05, 3.63) is 42.0 Å². The van der Waals surface area contributed by atoms with Crippen LogP contribution in [0.5, 0.6) is 0 Å². The van der Waals surface area contributed by atoms with Crippen molar-refractivity contribution in [2.75, 3.05) is 18.0 Å². The molecule has 88 valence electrons. The molecule has 1 N–H and O–H groups in total. The van der Waals surface area contributed by atoms with E-state index in [0.717, 1.165) is 5.56 Å². The molecule has 0 aliphatic rings. The van der Waals surface area contributed by atoms with Gasteiger partial charge in [0.15, 0.2) is 0 Å². The van der Waals surface area contributed by atoms with Gasteiger partial charge in [0.25, 0.3) is 0 Å². The van der Waals surface area contributed by atoms with E-state index in [1.54, 1.807) is 17.0 Å². The Kier molecular flexibility index (Phi) is 4.29. The van der Waals surface area contributed by atoms with Crippen molar-refractivity contribution in [1.82, 2.24) is 0 Å². The van der Waals surface area contributed by atoms with E-state index in [9.17, 15) is 4.79 Å². The van der Waals surface area contributed by atoms with Gasteiger partial charge in [0.1, 0.15) is 12.6 Å². The first-order chi connectivity index (χ1) is 8.08. The van der Waals surface area contributed by atoms with Crippen molar-refractivity contribution in [3.8, 4) is 6.07 Å². The van der Waals surface area contributed by atoms with E-state index in [1.165, 1.54) is 0 Å². The van der Waals surface area contributed by atoms with E-state index in [2.05, 4.69) is 12.6 Å². The van der Waals surface area contributed by atoms with Crippen LogP contribution in [0, 0.1) is 18.3 Å². The highest BCUT2D eigenvalue weighted by atomic mass is 16.4. The fraction of sp³-hybridized carbons (Fsp3) is 0.231. The zero-order chi connectivity index (χ0) is 12.8. The van der Waals surface area contributed by atoms with Gasteiger partial charge in [0, 0.05) is 6.54 Å². The van der Waals surface area contributed by atoms with Gasteiger partial charge in [0.05, 0.1) is 11.3 Å². The zero-order valence-corrected chi connectivity index (χ0v) is 9.68. The van der Waals surface area contributed by atoms with Gasteiger partial charge in [-0.3, -0.25) is 4.79 Å². The summed E-state index contributed by atoms with van der Waals surface area (Å²) >= 11 is 0. The summed E-state index contributed by atoms with van der Waals surface area (Å²) in [4.78, 5) is 12.4. The van der Waals surface area contributed by atoms with Crippen molar-refractivity contribution < 1.29 is 9.90 Å². The first-order valence-corrected chi connectivity index (χ1v) is 5.17. The molecule has 4 heteroatoms. The second kappa shape index (κ2) is 5.71. The van der Waals surface area contributed by atoms with E-state index in [0.29, 0.717) is 17.8 Å². The van der Waals surface area contributed by atoms with E-state index in [1.807, 2.05) is 19.1 Å². The fourth-order valence-corrected chi connectivity index (χ4v) is 1.57. The normalized spacial score (nSPS) is 9.41. The molecular weight excluding hydrogens is 216 g/mol. The van der Waals surface area contributed by atoms with Crippen molar-refractivity contribution in [1.29, 1.82) is 5.26 Å². The molecule has 0 heterocycles. The predicted molar refractivity (Wildman–Crippen MR) is 65.9 cm³/mol. The number of carboxylic acids is 1. The van der Waals surface area contributed by atoms with Gasteiger partial charge >= 0.3 is 5.97 Å². The van der Waals surface area contributed by atoms with Gasteiger partial charge in [-0.1, -0.05) is 12.1 Å². The molecule has 0 saturated heterocycles. The lowest BCUT2D eigenvalue weighted by Gasteiger charge is -2.22. The number of benzene rings is 1. The van der Waals surface area contributed by atoms with Gasteiger partial charge in [0.2, 0.25) is 0 Å². The first kappa shape index (κ1) is 12.8. The molecule has 1 aromatic carbocycles. The minimum absolute atomic E-state index is 0.149. The van der Waals surface area contributed by atoms with Crippen LogP contribution in [0.1, 0.15) is 11.1 Å². The van der Waals surface area contributed by atoms with Gasteiger partial charge in [-0.25, -0.2) is 0 Å². The maximum atomic E-state index is 10.8. The summed E-state index contributed by atoms with van der Waals surface area (Å²) in [7, 11) is 0. The molecule has 0 aliphatic heterocycles. The average molecular weight is 230 g/mol. The minimum Gasteiger partial charge on any atom is -0.480 e. The minimum atomic E-state index is -0.933. The van der Waals surface area contributed by atoms with Crippen LogP contribution in [-0.2, 0) is 4.79 Å². The molecule has 0 bridgehead atoms. The van der Waals surface area contributed by atoms with Gasteiger partial charge in [-0.05, 0) is 24.6 Å². The van der Waals surface area contributed by atoms with Crippen LogP contribution in [0.15, 0.2) is 30.9 Å². The largest absolute Gasteiger partial charge is 0.480 e. The number of hydrogen-bond donors (Lipinski definition) is 1. The number of carboxylic acid groups (broad SMARTS) is 1. The third-order valence-corrected chi connectivity index (χ3v) is 2.29. The molecule has 0 saturated carbocycles. The molecule has 0 unspecified atom stereocenters. The van der Waals surface area contributed by atoms with Crippen molar-refractivity contribution >= 4 is 11.7 Å². The molecule has 0 radical (unpaired) electrons. The maximum absolute atomic E-state index is 10.8. The highest BCUT2D eigenvalue weighted by molar-refractivity contribution is 5.75. The third kappa shape index (κ3) is 3.35. The summed E-state index contributed by atoms with van der Waals surface area (Å²) < 4.78 is 0. The number of carbonyl (C=O) groups is 1. The molecular formula is C13H14N2O2. The van der Waals surface area contributed by atoms with Crippen LogP contribution >= 0.6 is 0 Å². The summed E-state index contributed by atoms with van der Waals surface area (Å²) in [5.74, 6) is -0.933. The SMILES string of the molecule is C=CCN(CC(=O)O)c1cc(C)ccc1C#N. The number of anilines is 1. The van der Waals surface area contributed by atoms with Gasteiger partial charge < -0.3 is 10.0 Å².